The second kappa shape index (κ2) is 12.3. The van der Waals surface area contributed by atoms with Crippen LogP contribution in [0.5, 0.6) is 0 Å². The summed E-state index contributed by atoms with van der Waals surface area (Å²) in [7, 11) is -2.16. The van der Waals surface area contributed by atoms with Crippen LogP contribution in [-0.4, -0.2) is 65.9 Å². The molecule has 0 saturated carbocycles. The first-order valence-corrected chi connectivity index (χ1v) is 10.8. The zero-order valence-electron chi connectivity index (χ0n) is 14.6. The summed E-state index contributed by atoms with van der Waals surface area (Å²) in [5, 5.41) is 2.70. The second-order valence-corrected chi connectivity index (χ2v) is 7.86. The molecule has 0 aliphatic rings. The SMILES string of the molecule is COCCOCCNC(=O)C(CCSC)NS(=O)(=O)c1ccccc1. The predicted octanol–water partition coefficient (Wildman–Crippen LogP) is 0.866. The van der Waals surface area contributed by atoms with Crippen molar-refractivity contribution in [3.8, 4) is 0 Å². The fraction of sp³-hybridized carbons (Fsp3) is 0.562. The molecule has 2 N–H and O–H groups in total. The third-order valence-corrected chi connectivity index (χ3v) is 5.39. The van der Waals surface area contributed by atoms with Crippen LogP contribution in [0.15, 0.2) is 35.2 Å². The van der Waals surface area contributed by atoms with Gasteiger partial charge in [0.05, 0.1) is 24.7 Å². The van der Waals surface area contributed by atoms with E-state index in [0.717, 1.165) is 0 Å². The van der Waals surface area contributed by atoms with Crippen molar-refractivity contribution in [2.45, 2.75) is 17.4 Å². The molecule has 0 fully saturated rings. The van der Waals surface area contributed by atoms with Crippen molar-refractivity contribution >= 4 is 27.7 Å². The van der Waals surface area contributed by atoms with E-state index in [2.05, 4.69) is 10.0 Å². The summed E-state index contributed by atoms with van der Waals surface area (Å²) in [6, 6.07) is 7.19. The Bertz CT molecular complexity index is 596. The third-order valence-electron chi connectivity index (χ3n) is 3.26. The lowest BCUT2D eigenvalue weighted by Crippen LogP contribution is -2.47. The number of methoxy groups -OCH3 is 1. The molecule has 1 rings (SSSR count). The Morgan fingerprint density at radius 1 is 1.20 bits per heavy atom. The Labute approximate surface area is 153 Å². The summed E-state index contributed by atoms with van der Waals surface area (Å²) < 4.78 is 37.5. The highest BCUT2D eigenvalue weighted by molar-refractivity contribution is 7.98. The van der Waals surface area contributed by atoms with Gasteiger partial charge >= 0.3 is 0 Å². The van der Waals surface area contributed by atoms with E-state index >= 15 is 0 Å². The van der Waals surface area contributed by atoms with Gasteiger partial charge in [0.25, 0.3) is 0 Å². The van der Waals surface area contributed by atoms with Gasteiger partial charge in [0.15, 0.2) is 0 Å². The molecule has 0 heterocycles. The van der Waals surface area contributed by atoms with E-state index < -0.39 is 16.1 Å². The van der Waals surface area contributed by atoms with E-state index in [1.807, 2.05) is 6.26 Å². The number of thioether (sulfide) groups is 1. The van der Waals surface area contributed by atoms with E-state index in [1.165, 1.54) is 12.1 Å². The Balaban J connectivity index is 2.59. The number of nitrogens with one attached hydrogen (secondary N) is 2. The molecular weight excluding hydrogens is 364 g/mol. The molecule has 0 aliphatic heterocycles. The van der Waals surface area contributed by atoms with Crippen molar-refractivity contribution in [3.05, 3.63) is 30.3 Å². The van der Waals surface area contributed by atoms with Crippen molar-refractivity contribution in [1.82, 2.24) is 10.0 Å². The minimum Gasteiger partial charge on any atom is -0.382 e. The normalized spacial score (nSPS) is 12.7. The largest absolute Gasteiger partial charge is 0.382 e. The fourth-order valence-electron chi connectivity index (χ4n) is 1.95. The highest BCUT2D eigenvalue weighted by Crippen LogP contribution is 2.10. The lowest BCUT2D eigenvalue weighted by atomic mass is 10.2. The van der Waals surface area contributed by atoms with E-state index in [-0.39, 0.29) is 10.8 Å². The average molecular weight is 391 g/mol. The van der Waals surface area contributed by atoms with Crippen molar-refractivity contribution < 1.29 is 22.7 Å². The van der Waals surface area contributed by atoms with Gasteiger partial charge in [0.2, 0.25) is 15.9 Å². The Morgan fingerprint density at radius 2 is 1.92 bits per heavy atom. The standard InChI is InChI=1S/C16H26N2O5S2/c1-22-11-12-23-10-9-17-16(19)15(8-13-24-2)18-25(20,21)14-6-4-3-5-7-14/h3-7,15,18H,8-13H2,1-2H3,(H,17,19). The number of hydrogen-bond donors (Lipinski definition) is 2. The van der Waals surface area contributed by atoms with E-state index in [1.54, 1.807) is 37.1 Å². The molecule has 0 radical (unpaired) electrons. The summed E-state index contributed by atoms with van der Waals surface area (Å²) in [4.78, 5) is 12.5. The Kier molecular flexibility index (Phi) is 10.7. The number of carbonyl (C=O) groups excluding carboxylic acids is 1. The van der Waals surface area contributed by atoms with E-state index in [0.29, 0.717) is 38.5 Å². The van der Waals surface area contributed by atoms with E-state index in [4.69, 9.17) is 9.47 Å². The van der Waals surface area contributed by atoms with Crippen LogP contribution in [0.25, 0.3) is 0 Å². The first-order valence-electron chi connectivity index (χ1n) is 7.92. The van der Waals surface area contributed by atoms with Crippen LogP contribution in [0.1, 0.15) is 6.42 Å². The van der Waals surface area contributed by atoms with Crippen molar-refractivity contribution in [3.63, 3.8) is 0 Å². The molecule has 0 aliphatic carbocycles. The van der Waals surface area contributed by atoms with Crippen LogP contribution in [0.3, 0.4) is 0 Å². The van der Waals surface area contributed by atoms with Gasteiger partial charge in [0.1, 0.15) is 6.04 Å². The average Bonchev–Trinajstić information content (AvgIpc) is 2.62. The molecule has 1 atom stereocenters. The molecule has 142 valence electrons. The summed E-state index contributed by atoms with van der Waals surface area (Å²) >= 11 is 1.55. The monoisotopic (exact) mass is 390 g/mol. The number of rotatable bonds is 13. The van der Waals surface area contributed by atoms with Gasteiger partial charge in [-0.25, -0.2) is 8.42 Å². The number of hydrogen-bond acceptors (Lipinski definition) is 6. The van der Waals surface area contributed by atoms with Crippen LogP contribution in [0.2, 0.25) is 0 Å². The summed E-state index contributed by atoms with van der Waals surface area (Å²) in [6.45, 7) is 1.59. The molecular formula is C16H26N2O5S2. The molecule has 25 heavy (non-hydrogen) atoms. The molecule has 1 unspecified atom stereocenters. The first kappa shape index (κ1) is 21.9. The van der Waals surface area contributed by atoms with Crippen molar-refractivity contribution in [2.75, 3.05) is 45.5 Å². The predicted molar refractivity (Wildman–Crippen MR) is 99.3 cm³/mol. The smallest absolute Gasteiger partial charge is 0.241 e. The molecule has 9 heteroatoms. The number of amides is 1. The van der Waals surface area contributed by atoms with Gasteiger partial charge in [-0.2, -0.15) is 16.5 Å². The lowest BCUT2D eigenvalue weighted by Gasteiger charge is -2.18. The van der Waals surface area contributed by atoms with Gasteiger partial charge in [-0.15, -0.1) is 0 Å². The number of benzene rings is 1. The molecule has 1 aromatic rings. The maximum Gasteiger partial charge on any atom is 0.241 e. The molecule has 1 aromatic carbocycles. The minimum atomic E-state index is -3.75. The summed E-state index contributed by atoms with van der Waals surface area (Å²) in [6.07, 6.45) is 2.31. The van der Waals surface area contributed by atoms with Gasteiger partial charge in [-0.05, 0) is 30.6 Å². The number of sulfonamides is 1. The van der Waals surface area contributed by atoms with Crippen LogP contribution in [0.4, 0.5) is 0 Å². The topological polar surface area (TPSA) is 93.7 Å². The molecule has 0 saturated heterocycles. The second-order valence-electron chi connectivity index (χ2n) is 5.16. The Hall–Kier alpha value is -1.13. The molecule has 0 bridgehead atoms. The van der Waals surface area contributed by atoms with Crippen LogP contribution >= 0.6 is 11.8 Å². The summed E-state index contributed by atoms with van der Waals surface area (Å²) in [5.41, 5.74) is 0. The lowest BCUT2D eigenvalue weighted by molar-refractivity contribution is -0.123. The van der Waals surface area contributed by atoms with Crippen LogP contribution in [-0.2, 0) is 24.3 Å². The van der Waals surface area contributed by atoms with Gasteiger partial charge in [-0.3, -0.25) is 4.79 Å². The van der Waals surface area contributed by atoms with Crippen LogP contribution < -0.4 is 10.0 Å². The molecule has 7 nitrogen and oxygen atoms in total. The van der Waals surface area contributed by atoms with E-state index in [9.17, 15) is 13.2 Å². The highest BCUT2D eigenvalue weighted by Gasteiger charge is 2.25. The maximum atomic E-state index is 12.4. The molecule has 0 spiro atoms. The number of ether oxygens (including phenoxy) is 2. The zero-order valence-corrected chi connectivity index (χ0v) is 16.2. The molecule has 1 amide bonds. The van der Waals surface area contributed by atoms with Gasteiger partial charge in [-0.1, -0.05) is 18.2 Å². The first-order chi connectivity index (χ1) is 12.0. The number of carbonyl (C=O) groups is 1. The minimum absolute atomic E-state index is 0.139. The van der Waals surface area contributed by atoms with Gasteiger partial charge < -0.3 is 14.8 Å². The Morgan fingerprint density at radius 3 is 2.56 bits per heavy atom. The highest BCUT2D eigenvalue weighted by atomic mass is 32.2. The van der Waals surface area contributed by atoms with Crippen molar-refractivity contribution in [2.24, 2.45) is 0 Å². The zero-order chi connectivity index (χ0) is 18.5. The third kappa shape index (κ3) is 8.68. The maximum absolute atomic E-state index is 12.4. The fourth-order valence-corrected chi connectivity index (χ4v) is 3.67. The van der Waals surface area contributed by atoms with Crippen LogP contribution in [0, 0.1) is 0 Å². The van der Waals surface area contributed by atoms with Gasteiger partial charge in [0, 0.05) is 13.7 Å². The quantitative estimate of drug-likeness (QED) is 0.486. The summed E-state index contributed by atoms with van der Waals surface area (Å²) in [5.74, 6) is 0.309. The van der Waals surface area contributed by atoms with Crippen molar-refractivity contribution in [1.29, 1.82) is 0 Å². The molecule has 0 aromatic heterocycles.